The van der Waals surface area contributed by atoms with Gasteiger partial charge in [0.05, 0.1) is 36.6 Å². The zero-order valence-corrected chi connectivity index (χ0v) is 17.4. The van der Waals surface area contributed by atoms with Crippen molar-refractivity contribution in [1.29, 1.82) is 0 Å². The normalized spacial score (nSPS) is 15.4. The SMILES string of the molecule is C[C@H](NC(=O)c1cc(Cl)cc(C(F)(F)F)c1)c1ncnn1-c1ccc(N2CC(F)C2)cn1. The molecule has 7 nitrogen and oxygen atoms in total. The van der Waals surface area contributed by atoms with Crippen LogP contribution in [0.2, 0.25) is 5.02 Å². The fourth-order valence-corrected chi connectivity index (χ4v) is 3.51. The average Bonchev–Trinajstić information content (AvgIpc) is 3.20. The molecule has 0 aliphatic carbocycles. The van der Waals surface area contributed by atoms with Crippen LogP contribution in [0.1, 0.15) is 34.7 Å². The lowest BCUT2D eigenvalue weighted by Gasteiger charge is -2.36. The molecule has 1 N–H and O–H groups in total. The first-order valence-electron chi connectivity index (χ1n) is 9.56. The number of aromatic nitrogens is 4. The number of carbonyl (C=O) groups is 1. The van der Waals surface area contributed by atoms with Crippen LogP contribution in [0.5, 0.6) is 0 Å². The fourth-order valence-electron chi connectivity index (χ4n) is 3.28. The van der Waals surface area contributed by atoms with Gasteiger partial charge in [0.25, 0.3) is 5.91 Å². The molecule has 168 valence electrons. The molecule has 3 heterocycles. The van der Waals surface area contributed by atoms with Crippen molar-refractivity contribution < 1.29 is 22.4 Å². The minimum Gasteiger partial charge on any atom is -0.364 e. The first-order chi connectivity index (χ1) is 15.1. The van der Waals surface area contributed by atoms with E-state index in [0.29, 0.717) is 24.7 Å². The van der Waals surface area contributed by atoms with Crippen molar-refractivity contribution in [3.63, 3.8) is 0 Å². The number of nitrogens with one attached hydrogen (secondary N) is 1. The predicted octanol–water partition coefficient (Wildman–Crippen LogP) is 3.98. The summed E-state index contributed by atoms with van der Waals surface area (Å²) in [6, 6.07) is 5.38. The van der Waals surface area contributed by atoms with Crippen LogP contribution in [0, 0.1) is 0 Å². The molecule has 1 aromatic carbocycles. The number of carbonyl (C=O) groups excluding carboxylic acids is 1. The van der Waals surface area contributed by atoms with Gasteiger partial charge in [0.15, 0.2) is 11.6 Å². The zero-order valence-electron chi connectivity index (χ0n) is 16.6. The molecule has 3 aromatic rings. The lowest BCUT2D eigenvalue weighted by atomic mass is 10.1. The molecule has 1 fully saturated rings. The molecule has 0 bridgehead atoms. The highest BCUT2D eigenvalue weighted by Gasteiger charge is 2.32. The third-order valence-corrected chi connectivity index (χ3v) is 5.17. The first-order valence-corrected chi connectivity index (χ1v) is 9.93. The summed E-state index contributed by atoms with van der Waals surface area (Å²) in [5, 5.41) is 6.52. The second-order valence-corrected chi connectivity index (χ2v) is 7.76. The van der Waals surface area contributed by atoms with Gasteiger partial charge in [0.2, 0.25) is 0 Å². The second kappa shape index (κ2) is 8.38. The van der Waals surface area contributed by atoms with Crippen LogP contribution in [-0.4, -0.2) is 44.9 Å². The Morgan fingerprint density at radius 1 is 1.22 bits per heavy atom. The van der Waals surface area contributed by atoms with Gasteiger partial charge in [-0.15, -0.1) is 0 Å². The number of anilines is 1. The summed E-state index contributed by atoms with van der Waals surface area (Å²) in [6.45, 7) is 2.25. The minimum absolute atomic E-state index is 0.202. The smallest absolute Gasteiger partial charge is 0.364 e. The maximum absolute atomic E-state index is 13.0. The number of hydrogen-bond donors (Lipinski definition) is 1. The molecular weight excluding hydrogens is 452 g/mol. The Morgan fingerprint density at radius 3 is 2.59 bits per heavy atom. The van der Waals surface area contributed by atoms with E-state index in [4.69, 9.17) is 11.6 Å². The van der Waals surface area contributed by atoms with Crippen molar-refractivity contribution in [2.45, 2.75) is 25.3 Å². The van der Waals surface area contributed by atoms with Crippen LogP contribution < -0.4 is 10.2 Å². The largest absolute Gasteiger partial charge is 0.416 e. The summed E-state index contributed by atoms with van der Waals surface area (Å²) in [5.41, 5.74) is -0.477. The summed E-state index contributed by atoms with van der Waals surface area (Å²) < 4.78 is 53.5. The molecule has 1 atom stereocenters. The molecule has 0 saturated carbocycles. The second-order valence-electron chi connectivity index (χ2n) is 7.33. The maximum atomic E-state index is 13.0. The van der Waals surface area contributed by atoms with Crippen molar-refractivity contribution in [3.05, 3.63) is 64.8 Å². The van der Waals surface area contributed by atoms with Gasteiger partial charge in [-0.1, -0.05) is 11.6 Å². The van der Waals surface area contributed by atoms with Gasteiger partial charge >= 0.3 is 6.18 Å². The molecule has 4 rings (SSSR count). The van der Waals surface area contributed by atoms with E-state index in [1.807, 2.05) is 4.90 Å². The molecule has 1 aliphatic heterocycles. The van der Waals surface area contributed by atoms with E-state index in [-0.39, 0.29) is 10.6 Å². The van der Waals surface area contributed by atoms with E-state index in [0.717, 1.165) is 23.9 Å². The Balaban J connectivity index is 1.51. The summed E-state index contributed by atoms with van der Waals surface area (Å²) >= 11 is 5.76. The van der Waals surface area contributed by atoms with Crippen LogP contribution in [0.15, 0.2) is 42.9 Å². The Kier molecular flexibility index (Phi) is 5.76. The van der Waals surface area contributed by atoms with E-state index in [1.165, 1.54) is 11.0 Å². The monoisotopic (exact) mass is 468 g/mol. The summed E-state index contributed by atoms with van der Waals surface area (Å²) in [6.07, 6.45) is -2.61. The number of nitrogens with zero attached hydrogens (tertiary/aromatic N) is 5. The van der Waals surface area contributed by atoms with Gasteiger partial charge in [-0.2, -0.15) is 23.0 Å². The molecule has 1 amide bonds. The van der Waals surface area contributed by atoms with Gasteiger partial charge in [-0.3, -0.25) is 4.79 Å². The predicted molar refractivity (Wildman–Crippen MR) is 109 cm³/mol. The molecule has 1 aliphatic rings. The number of amides is 1. The van der Waals surface area contributed by atoms with Crippen molar-refractivity contribution >= 4 is 23.2 Å². The minimum atomic E-state index is -4.63. The molecular formula is C20H17ClF4N6O. The Bertz CT molecular complexity index is 1130. The molecule has 0 spiro atoms. The maximum Gasteiger partial charge on any atom is 0.416 e. The number of halogens is 5. The van der Waals surface area contributed by atoms with Crippen LogP contribution in [0.4, 0.5) is 23.2 Å². The Hall–Kier alpha value is -3.21. The number of hydrogen-bond acceptors (Lipinski definition) is 5. The highest BCUT2D eigenvalue weighted by molar-refractivity contribution is 6.31. The average molecular weight is 469 g/mol. The molecule has 32 heavy (non-hydrogen) atoms. The molecule has 0 unspecified atom stereocenters. The summed E-state index contributed by atoms with van der Waals surface area (Å²) in [5.74, 6) is -0.00635. The van der Waals surface area contributed by atoms with Crippen LogP contribution in [0.3, 0.4) is 0 Å². The molecule has 12 heteroatoms. The fraction of sp³-hybridized carbons (Fsp3) is 0.300. The topological polar surface area (TPSA) is 75.9 Å². The van der Waals surface area contributed by atoms with Gasteiger partial charge in [0.1, 0.15) is 12.5 Å². The third kappa shape index (κ3) is 4.52. The number of benzene rings is 1. The van der Waals surface area contributed by atoms with Gasteiger partial charge < -0.3 is 10.2 Å². The van der Waals surface area contributed by atoms with Crippen LogP contribution in [-0.2, 0) is 6.18 Å². The van der Waals surface area contributed by atoms with Crippen molar-refractivity contribution in [2.24, 2.45) is 0 Å². The first kappa shape index (κ1) is 22.0. The summed E-state index contributed by atoms with van der Waals surface area (Å²) in [7, 11) is 0. The lowest BCUT2D eigenvalue weighted by molar-refractivity contribution is -0.137. The number of alkyl halides is 4. The number of rotatable bonds is 5. The van der Waals surface area contributed by atoms with Crippen LogP contribution in [0.25, 0.3) is 5.82 Å². The molecule has 1 saturated heterocycles. The molecule has 2 aromatic heterocycles. The van der Waals surface area contributed by atoms with Gasteiger partial charge in [-0.25, -0.2) is 14.4 Å². The van der Waals surface area contributed by atoms with Gasteiger partial charge in [0, 0.05) is 10.6 Å². The van der Waals surface area contributed by atoms with E-state index in [2.05, 4.69) is 20.4 Å². The van der Waals surface area contributed by atoms with Crippen molar-refractivity contribution in [2.75, 3.05) is 18.0 Å². The Morgan fingerprint density at radius 2 is 1.97 bits per heavy atom. The highest BCUT2D eigenvalue weighted by atomic mass is 35.5. The van der Waals surface area contributed by atoms with E-state index >= 15 is 0 Å². The Labute approximate surface area is 185 Å². The van der Waals surface area contributed by atoms with E-state index in [1.54, 1.807) is 25.3 Å². The highest BCUT2D eigenvalue weighted by Crippen LogP contribution is 2.32. The quantitative estimate of drug-likeness (QED) is 0.573. The lowest BCUT2D eigenvalue weighted by Crippen LogP contribution is -2.48. The van der Waals surface area contributed by atoms with E-state index < -0.39 is 29.9 Å². The van der Waals surface area contributed by atoms with Crippen molar-refractivity contribution in [1.82, 2.24) is 25.1 Å². The third-order valence-electron chi connectivity index (χ3n) is 4.95. The standard InChI is InChI=1S/C20H17ClF4N6O/c1-11(29-19(32)12-4-13(20(23,24)25)6-14(21)5-12)18-27-10-28-31(18)17-3-2-16(7-26-17)30-8-15(22)9-30/h2-7,10-11,15H,8-9H2,1H3,(H,29,32)/t11-/m0/s1. The number of pyridine rings is 1. The zero-order chi connectivity index (χ0) is 23.0. The molecule has 0 radical (unpaired) electrons. The summed E-state index contributed by atoms with van der Waals surface area (Å²) in [4.78, 5) is 22.9. The van der Waals surface area contributed by atoms with E-state index in [9.17, 15) is 22.4 Å². The van der Waals surface area contributed by atoms with Crippen molar-refractivity contribution in [3.8, 4) is 5.82 Å². The van der Waals surface area contributed by atoms with Crippen LogP contribution >= 0.6 is 11.6 Å². The van der Waals surface area contributed by atoms with Gasteiger partial charge in [-0.05, 0) is 37.3 Å².